The fourth-order valence-corrected chi connectivity index (χ4v) is 4.57. The van der Waals surface area contributed by atoms with Crippen molar-refractivity contribution in [2.45, 2.75) is 50.7 Å². The van der Waals surface area contributed by atoms with Gasteiger partial charge in [0.2, 0.25) is 0 Å². The van der Waals surface area contributed by atoms with Gasteiger partial charge in [0.1, 0.15) is 11.6 Å². The van der Waals surface area contributed by atoms with Crippen LogP contribution in [-0.2, 0) is 0 Å². The lowest BCUT2D eigenvalue weighted by Crippen LogP contribution is -2.23. The predicted molar refractivity (Wildman–Crippen MR) is 119 cm³/mol. The van der Waals surface area contributed by atoms with Crippen LogP contribution in [0.1, 0.15) is 50.1 Å². The minimum Gasteiger partial charge on any atom is -0.490 e. The summed E-state index contributed by atoms with van der Waals surface area (Å²) in [4.78, 5) is 4.47. The first-order valence-electron chi connectivity index (χ1n) is 10.7. The van der Waals surface area contributed by atoms with Gasteiger partial charge >= 0.3 is 0 Å². The maximum atomic E-state index is 6.28. The molecular weight excluding hydrogens is 360 g/mol. The fourth-order valence-electron chi connectivity index (χ4n) is 4.57. The molecule has 3 aliphatic rings. The van der Waals surface area contributed by atoms with E-state index in [-0.39, 0.29) is 6.04 Å². The Balaban J connectivity index is 1.41. The summed E-state index contributed by atoms with van der Waals surface area (Å²) >= 11 is 0. The summed E-state index contributed by atoms with van der Waals surface area (Å²) in [5, 5.41) is 7.19. The lowest BCUT2D eigenvalue weighted by molar-refractivity contribution is 0.183. The summed E-state index contributed by atoms with van der Waals surface area (Å²) in [5.74, 6) is 1.56. The molecule has 1 unspecified atom stereocenters. The van der Waals surface area contributed by atoms with E-state index in [2.05, 4.69) is 52.0 Å². The number of anilines is 2. The predicted octanol–water partition coefficient (Wildman–Crippen LogP) is 4.99. The number of benzene rings is 2. The molecule has 2 heterocycles. The molecule has 5 rings (SSSR count). The van der Waals surface area contributed by atoms with Crippen LogP contribution in [0.4, 0.5) is 11.4 Å². The van der Waals surface area contributed by atoms with Crippen molar-refractivity contribution < 1.29 is 4.74 Å². The van der Waals surface area contributed by atoms with Crippen LogP contribution in [0, 0.1) is 0 Å². The summed E-state index contributed by atoms with van der Waals surface area (Å²) in [6, 6.07) is 16.7. The number of nitrogens with zero attached hydrogens (tertiary/aromatic N) is 1. The molecule has 2 aromatic carbocycles. The normalized spacial score (nSPS) is 21.8. The van der Waals surface area contributed by atoms with E-state index < -0.39 is 0 Å². The number of nitrogens with two attached hydrogens (primary N) is 1. The third kappa shape index (κ3) is 3.69. The van der Waals surface area contributed by atoms with Gasteiger partial charge in [-0.2, -0.15) is 0 Å². The van der Waals surface area contributed by atoms with E-state index in [4.69, 9.17) is 10.5 Å². The summed E-state index contributed by atoms with van der Waals surface area (Å²) in [6.07, 6.45) is 7.90. The lowest BCUT2D eigenvalue weighted by Gasteiger charge is -2.22. The number of nitrogens with one attached hydrogen (secondary N) is 2. The first-order chi connectivity index (χ1) is 14.3. The molecule has 0 amide bonds. The SMILES string of the molecule is NC1=NCC2=C1C(c1ccc(OC3CCCCCC3)cc1)Nc1ccccc1N2. The summed E-state index contributed by atoms with van der Waals surface area (Å²) < 4.78 is 6.27. The Morgan fingerprint density at radius 1 is 0.897 bits per heavy atom. The molecule has 0 bridgehead atoms. The van der Waals surface area contributed by atoms with E-state index >= 15 is 0 Å². The highest BCUT2D eigenvalue weighted by atomic mass is 16.5. The number of para-hydroxylation sites is 2. The van der Waals surface area contributed by atoms with Gasteiger partial charge in [0.05, 0.1) is 30.1 Å². The van der Waals surface area contributed by atoms with E-state index in [0.29, 0.717) is 18.5 Å². The second kappa shape index (κ2) is 7.82. The molecule has 4 N–H and O–H groups in total. The molecule has 5 heteroatoms. The third-order valence-electron chi connectivity index (χ3n) is 6.13. The molecule has 150 valence electrons. The molecule has 0 saturated heterocycles. The monoisotopic (exact) mass is 388 g/mol. The van der Waals surface area contributed by atoms with Crippen LogP contribution in [0.3, 0.4) is 0 Å². The summed E-state index contributed by atoms with van der Waals surface area (Å²) in [5.41, 5.74) is 11.7. The number of fused-ring (bicyclic) bond motifs is 1. The molecular formula is C24H28N4O. The molecule has 1 atom stereocenters. The Labute approximate surface area is 172 Å². The molecule has 2 aliphatic heterocycles. The van der Waals surface area contributed by atoms with Crippen LogP contribution in [0.15, 0.2) is 64.8 Å². The molecule has 0 radical (unpaired) electrons. The minimum absolute atomic E-state index is 0.0423. The van der Waals surface area contributed by atoms with Crippen molar-refractivity contribution in [3.05, 3.63) is 65.4 Å². The number of ether oxygens (including phenoxy) is 1. The van der Waals surface area contributed by atoms with Gasteiger partial charge in [-0.15, -0.1) is 0 Å². The standard InChI is InChI=1S/C24H28N4O/c25-24-22-21(15-26-24)27-19-9-5-6-10-20(19)28-23(22)16-11-13-18(14-12-16)29-17-7-3-1-2-4-8-17/h5-6,9-14,17,23,27-28H,1-4,7-8,15H2,(H2,25,26). The smallest absolute Gasteiger partial charge is 0.126 e. The van der Waals surface area contributed by atoms with Gasteiger partial charge < -0.3 is 21.1 Å². The van der Waals surface area contributed by atoms with E-state index in [0.717, 1.165) is 46.8 Å². The maximum Gasteiger partial charge on any atom is 0.126 e. The Hall–Kier alpha value is -2.95. The zero-order chi connectivity index (χ0) is 19.6. The second-order valence-electron chi connectivity index (χ2n) is 8.14. The van der Waals surface area contributed by atoms with Gasteiger partial charge in [-0.3, -0.25) is 4.99 Å². The zero-order valence-electron chi connectivity index (χ0n) is 16.7. The van der Waals surface area contributed by atoms with Crippen LogP contribution in [0.5, 0.6) is 5.75 Å². The summed E-state index contributed by atoms with van der Waals surface area (Å²) in [6.45, 7) is 0.594. The van der Waals surface area contributed by atoms with Gasteiger partial charge in [-0.05, 0) is 55.5 Å². The van der Waals surface area contributed by atoms with Crippen LogP contribution < -0.4 is 21.1 Å². The van der Waals surface area contributed by atoms with Crippen molar-refractivity contribution in [3.63, 3.8) is 0 Å². The van der Waals surface area contributed by atoms with Crippen LogP contribution >= 0.6 is 0 Å². The van der Waals surface area contributed by atoms with E-state index in [1.807, 2.05) is 12.1 Å². The average molecular weight is 389 g/mol. The lowest BCUT2D eigenvalue weighted by atomic mass is 9.97. The Morgan fingerprint density at radius 3 is 2.38 bits per heavy atom. The average Bonchev–Trinajstić information content (AvgIpc) is 2.92. The van der Waals surface area contributed by atoms with Crippen molar-refractivity contribution in [3.8, 4) is 5.75 Å². The van der Waals surface area contributed by atoms with Crippen LogP contribution in [-0.4, -0.2) is 18.5 Å². The highest BCUT2D eigenvalue weighted by Crippen LogP contribution is 2.38. The number of hydrogen-bond acceptors (Lipinski definition) is 5. The largest absolute Gasteiger partial charge is 0.490 e. The molecule has 29 heavy (non-hydrogen) atoms. The summed E-state index contributed by atoms with van der Waals surface area (Å²) in [7, 11) is 0. The minimum atomic E-state index is -0.0423. The molecule has 1 fully saturated rings. The maximum absolute atomic E-state index is 6.28. The van der Waals surface area contributed by atoms with Crippen molar-refractivity contribution in [1.29, 1.82) is 0 Å². The van der Waals surface area contributed by atoms with Gasteiger partial charge in [-0.25, -0.2) is 0 Å². The second-order valence-corrected chi connectivity index (χ2v) is 8.14. The third-order valence-corrected chi connectivity index (χ3v) is 6.13. The van der Waals surface area contributed by atoms with Gasteiger partial charge in [0, 0.05) is 11.3 Å². The van der Waals surface area contributed by atoms with Crippen molar-refractivity contribution in [1.82, 2.24) is 0 Å². The number of rotatable bonds is 3. The van der Waals surface area contributed by atoms with Gasteiger partial charge in [0.25, 0.3) is 0 Å². The van der Waals surface area contributed by atoms with E-state index in [1.54, 1.807) is 0 Å². The number of amidine groups is 1. The first kappa shape index (κ1) is 18.1. The van der Waals surface area contributed by atoms with Gasteiger partial charge in [-0.1, -0.05) is 37.1 Å². The first-order valence-corrected chi connectivity index (χ1v) is 10.7. The fraction of sp³-hybridized carbons (Fsp3) is 0.375. The number of aliphatic imine (C=N–C) groups is 1. The quantitative estimate of drug-likeness (QED) is 0.648. The number of hydrogen-bond donors (Lipinski definition) is 3. The Bertz CT molecular complexity index is 940. The topological polar surface area (TPSA) is 71.7 Å². The van der Waals surface area contributed by atoms with E-state index in [1.165, 1.54) is 25.7 Å². The molecule has 1 aliphatic carbocycles. The van der Waals surface area contributed by atoms with Crippen LogP contribution in [0.25, 0.3) is 0 Å². The highest BCUT2D eigenvalue weighted by Gasteiger charge is 2.30. The zero-order valence-corrected chi connectivity index (χ0v) is 16.7. The molecule has 5 nitrogen and oxygen atoms in total. The Morgan fingerprint density at radius 2 is 1.62 bits per heavy atom. The van der Waals surface area contributed by atoms with E-state index in [9.17, 15) is 0 Å². The van der Waals surface area contributed by atoms with Crippen molar-refractivity contribution >= 4 is 17.2 Å². The van der Waals surface area contributed by atoms with Crippen LogP contribution in [0.2, 0.25) is 0 Å². The molecule has 1 saturated carbocycles. The van der Waals surface area contributed by atoms with Crippen molar-refractivity contribution in [2.75, 3.05) is 17.2 Å². The molecule has 0 aromatic heterocycles. The molecule has 0 spiro atoms. The van der Waals surface area contributed by atoms with Gasteiger partial charge in [0.15, 0.2) is 0 Å². The highest BCUT2D eigenvalue weighted by molar-refractivity contribution is 6.03. The molecule has 2 aromatic rings. The van der Waals surface area contributed by atoms with Crippen molar-refractivity contribution in [2.24, 2.45) is 10.7 Å². The Kier molecular flexibility index (Phi) is 4.88.